The zero-order valence-corrected chi connectivity index (χ0v) is 19.4. The SMILES string of the molecule is COc1cc2c(cc1OC)C1C(=O)c3ccc4c(c3OC1CO2)CC(C(C)C)O4.NC(=O)NO. The fraction of sp³-hybridized carbons (Fsp3) is 0.417. The number of nitrogens with one attached hydrogen (secondary N) is 1. The van der Waals surface area contributed by atoms with Crippen molar-refractivity contribution in [2.75, 3.05) is 20.8 Å². The van der Waals surface area contributed by atoms with E-state index >= 15 is 0 Å². The number of hydrogen-bond donors (Lipinski definition) is 3. The molecule has 2 aromatic rings. The molecule has 0 bridgehead atoms. The third-order valence-electron chi connectivity index (χ3n) is 6.20. The minimum absolute atomic E-state index is 0.0452. The number of carbonyl (C=O) groups is 2. The summed E-state index contributed by atoms with van der Waals surface area (Å²) in [5, 5.41) is 7.42. The number of ketones is 1. The van der Waals surface area contributed by atoms with Crippen LogP contribution in [0.4, 0.5) is 4.79 Å². The van der Waals surface area contributed by atoms with Gasteiger partial charge in [0, 0.05) is 23.6 Å². The molecule has 3 unspecified atom stereocenters. The summed E-state index contributed by atoms with van der Waals surface area (Å²) < 4.78 is 29.2. The standard InChI is InChI=1S/C23H24O6.CH4N2O2/c1-11(2)16-8-14-15(28-16)6-5-12-22(24)21-13-7-18(25-3)19(26-4)9-17(13)27-10-20(21)29-23(12)14;2-1(4)3-5/h5-7,9,11,16,20-21H,8,10H2,1-4H3;5H,(H3,2,3,4). The van der Waals surface area contributed by atoms with Gasteiger partial charge < -0.3 is 29.4 Å². The number of primary amides is 1. The molecule has 10 nitrogen and oxygen atoms in total. The Morgan fingerprint density at radius 1 is 1.15 bits per heavy atom. The van der Waals surface area contributed by atoms with Crippen LogP contribution in [0.5, 0.6) is 28.7 Å². The van der Waals surface area contributed by atoms with Crippen molar-refractivity contribution < 1.29 is 38.5 Å². The van der Waals surface area contributed by atoms with Gasteiger partial charge in [0.2, 0.25) is 0 Å². The van der Waals surface area contributed by atoms with Crippen LogP contribution in [0.1, 0.15) is 41.3 Å². The normalized spacial score (nSPS) is 21.2. The van der Waals surface area contributed by atoms with Gasteiger partial charge in [0.15, 0.2) is 17.3 Å². The Labute approximate surface area is 196 Å². The van der Waals surface area contributed by atoms with Gasteiger partial charge in [0.05, 0.1) is 25.7 Å². The van der Waals surface area contributed by atoms with Crippen molar-refractivity contribution in [1.82, 2.24) is 5.48 Å². The molecule has 3 aliphatic heterocycles. The maximum Gasteiger partial charge on any atom is 0.335 e. The molecule has 5 rings (SSSR count). The van der Waals surface area contributed by atoms with E-state index in [9.17, 15) is 9.59 Å². The van der Waals surface area contributed by atoms with Crippen LogP contribution in [0.3, 0.4) is 0 Å². The van der Waals surface area contributed by atoms with Crippen LogP contribution in [-0.2, 0) is 6.42 Å². The number of rotatable bonds is 3. The summed E-state index contributed by atoms with van der Waals surface area (Å²) in [5.41, 5.74) is 7.83. The zero-order chi connectivity index (χ0) is 24.6. The van der Waals surface area contributed by atoms with Crippen LogP contribution in [0, 0.1) is 5.92 Å². The third-order valence-corrected chi connectivity index (χ3v) is 6.20. The van der Waals surface area contributed by atoms with Gasteiger partial charge in [-0.2, -0.15) is 0 Å². The van der Waals surface area contributed by atoms with Gasteiger partial charge in [0.1, 0.15) is 36.1 Å². The molecule has 0 saturated heterocycles. The topological polar surface area (TPSA) is 139 Å². The fourth-order valence-corrected chi connectivity index (χ4v) is 4.46. The lowest BCUT2D eigenvalue weighted by molar-refractivity contribution is 0.0554. The molecule has 3 heterocycles. The first-order chi connectivity index (χ1) is 16.3. The second-order valence-corrected chi connectivity index (χ2v) is 8.55. The molecule has 2 aromatic carbocycles. The first kappa shape index (κ1) is 23.5. The van der Waals surface area contributed by atoms with Crippen molar-refractivity contribution in [3.63, 3.8) is 0 Å². The lowest BCUT2D eigenvalue weighted by Crippen LogP contribution is -2.43. The molecule has 3 atom stereocenters. The Hall–Kier alpha value is -3.66. The van der Waals surface area contributed by atoms with Gasteiger partial charge >= 0.3 is 6.03 Å². The average Bonchev–Trinajstić information content (AvgIpc) is 3.28. The number of fused-ring (bicyclic) bond motifs is 6. The van der Waals surface area contributed by atoms with Crippen LogP contribution >= 0.6 is 0 Å². The molecule has 182 valence electrons. The quantitative estimate of drug-likeness (QED) is 0.458. The summed E-state index contributed by atoms with van der Waals surface area (Å²) in [6.07, 6.45) is 0.474. The van der Waals surface area contributed by atoms with Crippen molar-refractivity contribution in [2.24, 2.45) is 11.7 Å². The van der Waals surface area contributed by atoms with Crippen LogP contribution in [0.15, 0.2) is 24.3 Å². The summed E-state index contributed by atoms with van der Waals surface area (Å²) in [4.78, 5) is 22.8. The highest BCUT2D eigenvalue weighted by atomic mass is 16.5. The predicted molar refractivity (Wildman–Crippen MR) is 120 cm³/mol. The van der Waals surface area contributed by atoms with Gasteiger partial charge in [0.25, 0.3) is 0 Å². The third kappa shape index (κ3) is 4.05. The lowest BCUT2D eigenvalue weighted by Gasteiger charge is -2.37. The Morgan fingerprint density at radius 3 is 2.44 bits per heavy atom. The van der Waals surface area contributed by atoms with Crippen molar-refractivity contribution in [3.05, 3.63) is 41.0 Å². The minimum atomic E-state index is -0.940. The van der Waals surface area contributed by atoms with E-state index < -0.39 is 11.9 Å². The molecule has 0 aliphatic carbocycles. The molecule has 0 radical (unpaired) electrons. The fourth-order valence-electron chi connectivity index (χ4n) is 4.46. The van der Waals surface area contributed by atoms with E-state index in [0.29, 0.717) is 41.1 Å². The number of methoxy groups -OCH3 is 2. The van der Waals surface area contributed by atoms with Crippen molar-refractivity contribution in [1.29, 1.82) is 0 Å². The van der Waals surface area contributed by atoms with Crippen LogP contribution in [0.2, 0.25) is 0 Å². The highest BCUT2D eigenvalue weighted by Gasteiger charge is 2.45. The molecule has 0 fully saturated rings. The number of nitrogens with two attached hydrogens (primary N) is 1. The first-order valence-corrected chi connectivity index (χ1v) is 10.9. The van der Waals surface area contributed by atoms with Crippen LogP contribution in [0.25, 0.3) is 0 Å². The Bertz CT molecular complexity index is 1120. The van der Waals surface area contributed by atoms with Crippen molar-refractivity contribution >= 4 is 11.8 Å². The van der Waals surface area contributed by atoms with Gasteiger partial charge in [-0.25, -0.2) is 10.3 Å². The molecule has 0 aromatic heterocycles. The highest BCUT2D eigenvalue weighted by molar-refractivity contribution is 6.06. The van der Waals surface area contributed by atoms with Crippen molar-refractivity contribution in [2.45, 2.75) is 38.4 Å². The monoisotopic (exact) mass is 472 g/mol. The van der Waals surface area contributed by atoms with Gasteiger partial charge in [-0.3, -0.25) is 10.0 Å². The van der Waals surface area contributed by atoms with E-state index in [0.717, 1.165) is 23.3 Å². The van der Waals surface area contributed by atoms with Crippen molar-refractivity contribution in [3.8, 4) is 28.7 Å². The summed E-state index contributed by atoms with van der Waals surface area (Å²) in [7, 11) is 3.16. The zero-order valence-electron chi connectivity index (χ0n) is 19.4. The number of carbonyl (C=O) groups excluding carboxylic acids is 2. The molecule has 0 saturated carbocycles. The molecule has 10 heteroatoms. The second kappa shape index (κ2) is 9.30. The maximum absolute atomic E-state index is 13.5. The van der Waals surface area contributed by atoms with E-state index in [4.69, 9.17) is 28.9 Å². The lowest BCUT2D eigenvalue weighted by atomic mass is 9.81. The van der Waals surface area contributed by atoms with Gasteiger partial charge in [-0.05, 0) is 24.1 Å². The number of amides is 2. The van der Waals surface area contributed by atoms with Gasteiger partial charge in [-0.1, -0.05) is 13.8 Å². The number of hydroxylamine groups is 1. The predicted octanol–water partition coefficient (Wildman–Crippen LogP) is 2.83. The minimum Gasteiger partial charge on any atom is -0.493 e. The highest BCUT2D eigenvalue weighted by Crippen LogP contribution is 2.49. The Balaban J connectivity index is 0.000000499. The number of urea groups is 1. The van der Waals surface area contributed by atoms with Crippen LogP contribution < -0.4 is 34.9 Å². The molecule has 2 amide bonds. The summed E-state index contributed by atoms with van der Waals surface area (Å²) in [5.74, 6) is 3.24. The number of hydrogen-bond acceptors (Lipinski definition) is 8. The molecular weight excluding hydrogens is 444 g/mol. The maximum atomic E-state index is 13.5. The van der Waals surface area contributed by atoms with E-state index in [1.165, 1.54) is 5.48 Å². The summed E-state index contributed by atoms with van der Waals surface area (Å²) in [6.45, 7) is 4.58. The largest absolute Gasteiger partial charge is 0.493 e. The first-order valence-electron chi connectivity index (χ1n) is 10.9. The van der Waals surface area contributed by atoms with E-state index in [-0.39, 0.29) is 18.0 Å². The smallest absolute Gasteiger partial charge is 0.335 e. The average molecular weight is 472 g/mol. The van der Waals surface area contributed by atoms with Crippen LogP contribution in [-0.4, -0.2) is 50.1 Å². The molecule has 0 spiro atoms. The molecular formula is C24H28N2O8. The number of ether oxygens (including phenoxy) is 5. The Morgan fingerprint density at radius 2 is 1.82 bits per heavy atom. The molecule has 4 N–H and O–H groups in total. The number of benzene rings is 2. The van der Waals surface area contributed by atoms with E-state index in [1.54, 1.807) is 20.3 Å². The molecule has 3 aliphatic rings. The second-order valence-electron chi connectivity index (χ2n) is 8.55. The summed E-state index contributed by atoms with van der Waals surface area (Å²) in [6, 6.07) is 6.38. The van der Waals surface area contributed by atoms with E-state index in [2.05, 4.69) is 19.6 Å². The van der Waals surface area contributed by atoms with E-state index in [1.807, 2.05) is 18.2 Å². The van der Waals surface area contributed by atoms with Gasteiger partial charge in [-0.15, -0.1) is 0 Å². The Kier molecular flexibility index (Phi) is 6.43. The molecule has 34 heavy (non-hydrogen) atoms. The number of Topliss-reactive ketones (excluding diaryl/α,β-unsaturated/α-hetero) is 1. The summed E-state index contributed by atoms with van der Waals surface area (Å²) >= 11 is 0.